The van der Waals surface area contributed by atoms with E-state index >= 15 is 0 Å². The highest BCUT2D eigenvalue weighted by Crippen LogP contribution is 2.39. The number of fused-ring (bicyclic) bond motifs is 2. The number of carbonyl (C=O) groups excluding carboxylic acids is 1. The third-order valence-electron chi connectivity index (χ3n) is 4.52. The van der Waals surface area contributed by atoms with Crippen LogP contribution in [0.4, 0.5) is 0 Å². The van der Waals surface area contributed by atoms with Crippen molar-refractivity contribution in [2.75, 3.05) is 6.79 Å². The molecule has 0 spiro atoms. The van der Waals surface area contributed by atoms with E-state index in [4.69, 9.17) is 14.2 Å². The largest absolute Gasteiger partial charge is 0.487 e. The first-order chi connectivity index (χ1) is 12.5. The molecule has 2 aromatic rings. The van der Waals surface area contributed by atoms with E-state index in [9.17, 15) is 4.79 Å². The maximum atomic E-state index is 12.4. The summed E-state index contributed by atoms with van der Waals surface area (Å²) < 4.78 is 16.7. The molecule has 2 aliphatic heterocycles. The van der Waals surface area contributed by atoms with Crippen LogP contribution in [-0.2, 0) is 4.79 Å². The Morgan fingerprint density at radius 1 is 1.12 bits per heavy atom. The minimum atomic E-state index is -0.326. The molecule has 1 amide bonds. The van der Waals surface area contributed by atoms with Crippen molar-refractivity contribution in [2.45, 2.75) is 31.9 Å². The lowest BCUT2D eigenvalue weighted by Crippen LogP contribution is -2.40. The fourth-order valence-electron chi connectivity index (χ4n) is 3.34. The minimum Gasteiger partial charge on any atom is -0.487 e. The standard InChI is InChI=1S/C21H21NO4/c1-21(2)12-16(15-5-3-4-6-17(15)26-21)22-20(23)10-8-14-7-9-18-19(11-14)25-13-24-18/h3-11,16H,12-13H2,1-2H3,(H,22,23)/b10-8+/t16-/m0/s1. The number of benzene rings is 2. The van der Waals surface area contributed by atoms with Crippen LogP contribution in [0.25, 0.3) is 6.08 Å². The predicted molar refractivity (Wildman–Crippen MR) is 98.2 cm³/mol. The van der Waals surface area contributed by atoms with Crippen LogP contribution in [0.1, 0.15) is 37.4 Å². The van der Waals surface area contributed by atoms with Gasteiger partial charge in [-0.25, -0.2) is 0 Å². The maximum absolute atomic E-state index is 12.4. The van der Waals surface area contributed by atoms with Crippen LogP contribution in [0.15, 0.2) is 48.5 Å². The lowest BCUT2D eigenvalue weighted by molar-refractivity contribution is -0.117. The number of rotatable bonds is 3. The topological polar surface area (TPSA) is 56.8 Å². The second kappa shape index (κ2) is 6.41. The van der Waals surface area contributed by atoms with Crippen LogP contribution in [0, 0.1) is 0 Å². The molecule has 5 nitrogen and oxygen atoms in total. The van der Waals surface area contributed by atoms with Gasteiger partial charge in [0.15, 0.2) is 11.5 Å². The molecule has 26 heavy (non-hydrogen) atoms. The summed E-state index contributed by atoms with van der Waals surface area (Å²) in [6, 6.07) is 13.4. The zero-order chi connectivity index (χ0) is 18.1. The summed E-state index contributed by atoms with van der Waals surface area (Å²) >= 11 is 0. The number of hydrogen-bond donors (Lipinski definition) is 1. The van der Waals surface area contributed by atoms with Gasteiger partial charge in [0.1, 0.15) is 11.4 Å². The average Bonchev–Trinajstić information content (AvgIpc) is 3.06. The molecule has 0 aliphatic carbocycles. The third-order valence-corrected chi connectivity index (χ3v) is 4.52. The van der Waals surface area contributed by atoms with Crippen LogP contribution in [-0.4, -0.2) is 18.3 Å². The Morgan fingerprint density at radius 3 is 2.81 bits per heavy atom. The second-order valence-corrected chi connectivity index (χ2v) is 7.11. The molecule has 0 fully saturated rings. The van der Waals surface area contributed by atoms with Crippen molar-refractivity contribution in [3.63, 3.8) is 0 Å². The van der Waals surface area contributed by atoms with Gasteiger partial charge in [0.25, 0.3) is 0 Å². The highest BCUT2D eigenvalue weighted by Gasteiger charge is 2.33. The van der Waals surface area contributed by atoms with Gasteiger partial charge < -0.3 is 19.5 Å². The van der Waals surface area contributed by atoms with Crippen LogP contribution < -0.4 is 19.5 Å². The molecule has 0 radical (unpaired) electrons. The number of carbonyl (C=O) groups is 1. The van der Waals surface area contributed by atoms with Gasteiger partial charge in [0.05, 0.1) is 6.04 Å². The van der Waals surface area contributed by atoms with Crippen molar-refractivity contribution in [1.82, 2.24) is 5.32 Å². The summed E-state index contributed by atoms with van der Waals surface area (Å²) in [5.41, 5.74) is 1.57. The van der Waals surface area contributed by atoms with Gasteiger partial charge in [-0.15, -0.1) is 0 Å². The molecule has 5 heteroatoms. The summed E-state index contributed by atoms with van der Waals surface area (Å²) in [5, 5.41) is 3.09. The number of amides is 1. The zero-order valence-corrected chi connectivity index (χ0v) is 14.8. The highest BCUT2D eigenvalue weighted by atomic mass is 16.7. The zero-order valence-electron chi connectivity index (χ0n) is 14.8. The normalized spacial score (nSPS) is 19.7. The molecule has 4 rings (SSSR count). The first-order valence-electron chi connectivity index (χ1n) is 8.66. The second-order valence-electron chi connectivity index (χ2n) is 7.11. The number of nitrogens with one attached hydrogen (secondary N) is 1. The summed E-state index contributed by atoms with van der Waals surface area (Å²) in [5.74, 6) is 2.12. The summed E-state index contributed by atoms with van der Waals surface area (Å²) in [6.07, 6.45) is 4.03. The van der Waals surface area contributed by atoms with Crippen LogP contribution >= 0.6 is 0 Å². The molecule has 1 N–H and O–H groups in total. The first kappa shape index (κ1) is 16.5. The smallest absolute Gasteiger partial charge is 0.244 e. The van der Waals surface area contributed by atoms with E-state index in [-0.39, 0.29) is 24.3 Å². The first-order valence-corrected chi connectivity index (χ1v) is 8.66. The molecule has 1 atom stereocenters. The molecule has 0 aromatic heterocycles. The Labute approximate surface area is 152 Å². The highest BCUT2D eigenvalue weighted by molar-refractivity contribution is 5.92. The van der Waals surface area contributed by atoms with Crippen molar-refractivity contribution in [1.29, 1.82) is 0 Å². The van der Waals surface area contributed by atoms with Gasteiger partial charge in [-0.1, -0.05) is 24.3 Å². The van der Waals surface area contributed by atoms with E-state index in [0.717, 1.165) is 22.6 Å². The van der Waals surface area contributed by atoms with E-state index in [1.54, 1.807) is 12.2 Å². The Hall–Kier alpha value is -2.95. The van der Waals surface area contributed by atoms with Gasteiger partial charge in [0.2, 0.25) is 12.7 Å². The Bertz CT molecular complexity index is 872. The van der Waals surface area contributed by atoms with E-state index in [1.807, 2.05) is 56.3 Å². The lowest BCUT2D eigenvalue weighted by Gasteiger charge is -2.37. The fourth-order valence-corrected chi connectivity index (χ4v) is 3.34. The molecule has 0 saturated carbocycles. The predicted octanol–water partition coefficient (Wildman–Crippen LogP) is 3.85. The average molecular weight is 351 g/mol. The Balaban J connectivity index is 1.48. The molecule has 2 heterocycles. The van der Waals surface area contributed by atoms with E-state index < -0.39 is 0 Å². The van der Waals surface area contributed by atoms with Gasteiger partial charge in [-0.3, -0.25) is 4.79 Å². The van der Waals surface area contributed by atoms with Crippen molar-refractivity contribution in [3.05, 3.63) is 59.7 Å². The summed E-state index contributed by atoms with van der Waals surface area (Å²) in [6.45, 7) is 4.30. The quantitative estimate of drug-likeness (QED) is 0.854. The number of hydrogen-bond acceptors (Lipinski definition) is 4. The SMILES string of the molecule is CC1(C)C[C@H](NC(=O)/C=C/c2ccc3c(c2)OCO3)c2ccccc2O1. The molecular weight excluding hydrogens is 330 g/mol. The Kier molecular flexibility index (Phi) is 4.07. The maximum Gasteiger partial charge on any atom is 0.244 e. The molecule has 134 valence electrons. The van der Waals surface area contributed by atoms with Crippen LogP contribution in [0.5, 0.6) is 17.2 Å². The Morgan fingerprint density at radius 2 is 1.92 bits per heavy atom. The van der Waals surface area contributed by atoms with Crippen molar-refractivity contribution in [2.24, 2.45) is 0 Å². The van der Waals surface area contributed by atoms with E-state index in [2.05, 4.69) is 5.32 Å². The monoisotopic (exact) mass is 351 g/mol. The summed E-state index contributed by atoms with van der Waals surface area (Å²) in [4.78, 5) is 12.4. The molecule has 0 bridgehead atoms. The fraction of sp³-hybridized carbons (Fsp3) is 0.286. The van der Waals surface area contributed by atoms with Crippen molar-refractivity contribution < 1.29 is 19.0 Å². The van der Waals surface area contributed by atoms with Crippen molar-refractivity contribution >= 4 is 12.0 Å². The van der Waals surface area contributed by atoms with Gasteiger partial charge in [-0.05, 0) is 43.7 Å². The molecule has 2 aliphatic rings. The molecular formula is C21H21NO4. The van der Waals surface area contributed by atoms with Crippen LogP contribution in [0.2, 0.25) is 0 Å². The number of ether oxygens (including phenoxy) is 3. The van der Waals surface area contributed by atoms with E-state index in [0.29, 0.717) is 12.2 Å². The van der Waals surface area contributed by atoms with Gasteiger partial charge in [-0.2, -0.15) is 0 Å². The van der Waals surface area contributed by atoms with Crippen LogP contribution in [0.3, 0.4) is 0 Å². The molecule has 2 aromatic carbocycles. The van der Waals surface area contributed by atoms with Crippen molar-refractivity contribution in [3.8, 4) is 17.2 Å². The molecule has 0 saturated heterocycles. The minimum absolute atomic E-state index is 0.0798. The third kappa shape index (κ3) is 3.38. The van der Waals surface area contributed by atoms with E-state index in [1.165, 1.54) is 0 Å². The van der Waals surface area contributed by atoms with Gasteiger partial charge in [0, 0.05) is 18.1 Å². The van der Waals surface area contributed by atoms with Gasteiger partial charge >= 0.3 is 0 Å². The lowest BCUT2D eigenvalue weighted by atomic mass is 9.89. The number of para-hydroxylation sites is 1. The summed E-state index contributed by atoms with van der Waals surface area (Å²) in [7, 11) is 0. The molecule has 0 unspecified atom stereocenters.